The zero-order valence-corrected chi connectivity index (χ0v) is 12.3. The minimum Gasteiger partial charge on any atom is -0.442 e. The van der Waals surface area contributed by atoms with Gasteiger partial charge in [0.15, 0.2) is 0 Å². The van der Waals surface area contributed by atoms with Crippen LogP contribution in [0.25, 0.3) is 0 Å². The van der Waals surface area contributed by atoms with Crippen molar-refractivity contribution in [1.82, 2.24) is 5.48 Å². The maximum atomic E-state index is 11.4. The van der Waals surface area contributed by atoms with Gasteiger partial charge in [-0.25, -0.2) is 4.79 Å². The lowest BCUT2D eigenvalue weighted by Crippen LogP contribution is -2.34. The molecular formula is C11H23NO5S. The number of carbonyl (C=O) groups excluding carboxylic acids is 1. The molecule has 0 aromatic carbocycles. The average molecular weight is 281 g/mol. The van der Waals surface area contributed by atoms with E-state index in [1.54, 1.807) is 26.3 Å². The van der Waals surface area contributed by atoms with E-state index >= 15 is 0 Å². The highest BCUT2D eigenvalue weighted by Crippen LogP contribution is 2.07. The van der Waals surface area contributed by atoms with Gasteiger partial charge in [0.05, 0.1) is 5.75 Å². The van der Waals surface area contributed by atoms with Gasteiger partial charge in [0, 0.05) is 0 Å². The number of ether oxygens (including phenoxy) is 1. The van der Waals surface area contributed by atoms with Crippen LogP contribution < -0.4 is 5.48 Å². The van der Waals surface area contributed by atoms with Crippen molar-refractivity contribution in [2.45, 2.75) is 59.0 Å². The molecule has 0 saturated carbocycles. The Bertz CT molecular complexity index is 345. The molecule has 0 saturated heterocycles. The van der Waals surface area contributed by atoms with Crippen LogP contribution in [0.1, 0.15) is 53.4 Å². The summed E-state index contributed by atoms with van der Waals surface area (Å²) in [5, 5.41) is 0. The molecule has 0 aliphatic carbocycles. The van der Waals surface area contributed by atoms with Gasteiger partial charge in [-0.2, -0.15) is 13.9 Å². The van der Waals surface area contributed by atoms with Gasteiger partial charge in [-0.15, -0.1) is 4.28 Å². The van der Waals surface area contributed by atoms with Crippen LogP contribution >= 0.6 is 0 Å². The van der Waals surface area contributed by atoms with E-state index in [-0.39, 0.29) is 5.75 Å². The zero-order valence-electron chi connectivity index (χ0n) is 11.5. The molecule has 7 heteroatoms. The summed E-state index contributed by atoms with van der Waals surface area (Å²) < 4.78 is 31.9. The van der Waals surface area contributed by atoms with Gasteiger partial charge >= 0.3 is 6.09 Å². The van der Waals surface area contributed by atoms with E-state index in [2.05, 4.69) is 4.28 Å². The van der Waals surface area contributed by atoms with E-state index in [9.17, 15) is 13.2 Å². The second-order valence-electron chi connectivity index (χ2n) is 5.01. The molecule has 0 fully saturated rings. The van der Waals surface area contributed by atoms with Crippen molar-refractivity contribution >= 4 is 16.2 Å². The SMILES string of the molecule is CCCCCCS(=O)(=O)ONC(=O)OC(C)(C)C. The van der Waals surface area contributed by atoms with Gasteiger partial charge in [0.25, 0.3) is 10.1 Å². The summed E-state index contributed by atoms with van der Waals surface area (Å²) in [6.07, 6.45) is 2.43. The minimum atomic E-state index is -3.72. The first kappa shape index (κ1) is 17.2. The summed E-state index contributed by atoms with van der Waals surface area (Å²) in [7, 11) is -3.72. The lowest BCUT2D eigenvalue weighted by Gasteiger charge is -2.19. The Morgan fingerprint density at radius 1 is 1.17 bits per heavy atom. The molecular weight excluding hydrogens is 258 g/mol. The molecule has 0 bridgehead atoms. The van der Waals surface area contributed by atoms with Crippen LogP contribution in [0, 0.1) is 0 Å². The molecule has 0 spiro atoms. The first-order chi connectivity index (χ1) is 8.16. The average Bonchev–Trinajstić information content (AvgIpc) is 2.20. The summed E-state index contributed by atoms with van der Waals surface area (Å²) >= 11 is 0. The standard InChI is InChI=1S/C11H23NO5S/c1-5-6-7-8-9-18(14,15)17-12-10(13)16-11(2,3)4/h5-9H2,1-4H3,(H,12,13). The van der Waals surface area contributed by atoms with Crippen molar-refractivity contribution in [3.63, 3.8) is 0 Å². The Labute approximate surface area is 109 Å². The van der Waals surface area contributed by atoms with Crippen molar-refractivity contribution in [3.05, 3.63) is 0 Å². The van der Waals surface area contributed by atoms with Crippen LogP contribution in [0.5, 0.6) is 0 Å². The van der Waals surface area contributed by atoms with Crippen molar-refractivity contribution in [2.24, 2.45) is 0 Å². The zero-order chi connectivity index (χ0) is 14.2. The van der Waals surface area contributed by atoms with E-state index in [0.717, 1.165) is 19.3 Å². The van der Waals surface area contributed by atoms with E-state index in [1.165, 1.54) is 0 Å². The lowest BCUT2D eigenvalue weighted by molar-refractivity contribution is 0.0298. The summed E-state index contributed by atoms with van der Waals surface area (Å²) in [5.41, 5.74) is 1.08. The third-order valence-corrected chi connectivity index (χ3v) is 3.02. The predicted octanol–water partition coefficient (Wildman–Crippen LogP) is 2.35. The summed E-state index contributed by atoms with van der Waals surface area (Å²) in [6.45, 7) is 7.05. The molecule has 0 rings (SSSR count). The van der Waals surface area contributed by atoms with Crippen LogP contribution in [-0.4, -0.2) is 25.9 Å². The molecule has 0 aromatic heterocycles. The molecule has 1 amide bonds. The number of hydroxylamine groups is 1. The summed E-state index contributed by atoms with van der Waals surface area (Å²) in [4.78, 5) is 11.2. The number of hydrogen-bond acceptors (Lipinski definition) is 5. The fourth-order valence-electron chi connectivity index (χ4n) is 1.14. The number of carbonyl (C=O) groups is 1. The second-order valence-corrected chi connectivity index (χ2v) is 6.70. The largest absolute Gasteiger partial charge is 0.442 e. The molecule has 0 aromatic rings. The number of nitrogens with one attached hydrogen (secondary N) is 1. The van der Waals surface area contributed by atoms with Crippen molar-refractivity contribution in [3.8, 4) is 0 Å². The Morgan fingerprint density at radius 2 is 1.78 bits per heavy atom. The van der Waals surface area contributed by atoms with Gasteiger partial charge in [0.2, 0.25) is 0 Å². The first-order valence-electron chi connectivity index (χ1n) is 6.06. The number of hydrogen-bond donors (Lipinski definition) is 1. The van der Waals surface area contributed by atoms with E-state index < -0.39 is 21.8 Å². The van der Waals surface area contributed by atoms with Crippen LogP contribution in [0.3, 0.4) is 0 Å². The highest BCUT2D eigenvalue weighted by atomic mass is 32.2. The fourth-order valence-corrected chi connectivity index (χ4v) is 1.98. The Morgan fingerprint density at radius 3 is 2.28 bits per heavy atom. The topological polar surface area (TPSA) is 81.7 Å². The number of rotatable bonds is 7. The monoisotopic (exact) mass is 281 g/mol. The molecule has 18 heavy (non-hydrogen) atoms. The van der Waals surface area contributed by atoms with E-state index in [0.29, 0.717) is 6.42 Å². The van der Waals surface area contributed by atoms with Crippen molar-refractivity contribution in [2.75, 3.05) is 5.75 Å². The lowest BCUT2D eigenvalue weighted by atomic mass is 10.2. The van der Waals surface area contributed by atoms with E-state index in [1.807, 2.05) is 6.92 Å². The third-order valence-electron chi connectivity index (χ3n) is 1.90. The minimum absolute atomic E-state index is 0.108. The van der Waals surface area contributed by atoms with Crippen molar-refractivity contribution < 1.29 is 22.2 Å². The maximum Gasteiger partial charge on any atom is 0.432 e. The van der Waals surface area contributed by atoms with Gasteiger partial charge in [-0.1, -0.05) is 26.2 Å². The van der Waals surface area contributed by atoms with E-state index in [4.69, 9.17) is 4.74 Å². The summed E-state index contributed by atoms with van der Waals surface area (Å²) in [6, 6.07) is 0. The molecule has 0 aliphatic rings. The Hall–Kier alpha value is -0.820. The normalized spacial score (nSPS) is 12.2. The molecule has 0 aliphatic heterocycles. The Kier molecular flexibility index (Phi) is 7.23. The predicted molar refractivity (Wildman–Crippen MR) is 68.4 cm³/mol. The number of amides is 1. The van der Waals surface area contributed by atoms with Gasteiger partial charge in [0.1, 0.15) is 5.60 Å². The van der Waals surface area contributed by atoms with Gasteiger partial charge in [-0.3, -0.25) is 0 Å². The molecule has 0 radical (unpaired) electrons. The van der Waals surface area contributed by atoms with Crippen LogP contribution in [0.4, 0.5) is 4.79 Å². The van der Waals surface area contributed by atoms with Gasteiger partial charge < -0.3 is 4.74 Å². The molecule has 0 unspecified atom stereocenters. The molecule has 0 atom stereocenters. The number of unbranched alkanes of at least 4 members (excludes halogenated alkanes) is 3. The fraction of sp³-hybridized carbons (Fsp3) is 0.909. The van der Waals surface area contributed by atoms with Crippen LogP contribution in [-0.2, 0) is 19.1 Å². The maximum absolute atomic E-state index is 11.4. The summed E-state index contributed by atoms with van der Waals surface area (Å²) in [5.74, 6) is -0.108. The Balaban J connectivity index is 3.93. The highest BCUT2D eigenvalue weighted by molar-refractivity contribution is 7.86. The van der Waals surface area contributed by atoms with Crippen molar-refractivity contribution in [1.29, 1.82) is 0 Å². The van der Waals surface area contributed by atoms with Crippen LogP contribution in [0.2, 0.25) is 0 Å². The molecule has 1 N–H and O–H groups in total. The first-order valence-corrected chi connectivity index (χ1v) is 7.64. The highest BCUT2D eigenvalue weighted by Gasteiger charge is 2.19. The molecule has 108 valence electrons. The molecule has 6 nitrogen and oxygen atoms in total. The van der Waals surface area contributed by atoms with Gasteiger partial charge in [-0.05, 0) is 27.2 Å². The second kappa shape index (κ2) is 7.58. The quantitative estimate of drug-likeness (QED) is 0.572. The van der Waals surface area contributed by atoms with Crippen LogP contribution in [0.15, 0.2) is 0 Å². The smallest absolute Gasteiger partial charge is 0.432 e. The molecule has 0 heterocycles. The third kappa shape index (κ3) is 10.3.